The third kappa shape index (κ3) is 5.19. The fraction of sp³-hybridized carbons (Fsp3) is 0.357. The smallest absolute Gasteiger partial charge is 0.0897 e. The number of nitrogens with zero attached hydrogens (tertiary/aromatic N) is 1. The molecule has 6 heteroatoms. The van der Waals surface area contributed by atoms with Gasteiger partial charge in [0.2, 0.25) is 0 Å². The Labute approximate surface area is 127 Å². The summed E-state index contributed by atoms with van der Waals surface area (Å²) >= 11 is 7.61. The third-order valence-electron chi connectivity index (χ3n) is 2.69. The summed E-state index contributed by atoms with van der Waals surface area (Å²) in [4.78, 5) is 5.14. The predicted octanol–water partition coefficient (Wildman–Crippen LogP) is 2.46. The highest BCUT2D eigenvalue weighted by Crippen LogP contribution is 2.15. The number of nitrogens with one attached hydrogen (secondary N) is 1. The topological polar surface area (TPSA) is 54.4 Å². The lowest BCUT2D eigenvalue weighted by molar-refractivity contribution is 0.0288. The number of aromatic nitrogens is 1. The van der Waals surface area contributed by atoms with Gasteiger partial charge in [0.25, 0.3) is 0 Å². The van der Waals surface area contributed by atoms with Gasteiger partial charge in [0.1, 0.15) is 0 Å². The first-order chi connectivity index (χ1) is 9.75. The highest BCUT2D eigenvalue weighted by molar-refractivity contribution is 7.09. The molecule has 20 heavy (non-hydrogen) atoms. The van der Waals surface area contributed by atoms with Crippen LogP contribution in [0.4, 0.5) is 0 Å². The van der Waals surface area contributed by atoms with Gasteiger partial charge < -0.3 is 15.2 Å². The molecular formula is C14H17ClN2O2S. The largest absolute Gasteiger partial charge is 0.389 e. The van der Waals surface area contributed by atoms with Crippen LogP contribution in [-0.2, 0) is 17.9 Å². The van der Waals surface area contributed by atoms with Crippen LogP contribution in [-0.4, -0.2) is 29.3 Å². The quantitative estimate of drug-likeness (QED) is 0.786. The fourth-order valence-corrected chi connectivity index (χ4v) is 2.43. The van der Waals surface area contributed by atoms with Crippen molar-refractivity contribution in [2.24, 2.45) is 0 Å². The number of halogens is 1. The van der Waals surface area contributed by atoms with Crippen molar-refractivity contribution < 1.29 is 9.84 Å². The summed E-state index contributed by atoms with van der Waals surface area (Å²) in [5.74, 6) is 0. The SMILES string of the molecule is OC(CNCc1cncs1)COCc1ccccc1Cl. The van der Waals surface area contributed by atoms with E-state index in [1.54, 1.807) is 16.8 Å². The average Bonchev–Trinajstić information content (AvgIpc) is 2.94. The lowest BCUT2D eigenvalue weighted by Gasteiger charge is -2.12. The summed E-state index contributed by atoms with van der Waals surface area (Å²) in [5.41, 5.74) is 2.72. The molecule has 1 atom stereocenters. The average molecular weight is 313 g/mol. The molecule has 0 radical (unpaired) electrons. The minimum atomic E-state index is -0.537. The molecule has 108 valence electrons. The van der Waals surface area contributed by atoms with E-state index in [1.165, 1.54) is 0 Å². The molecule has 0 spiro atoms. The molecule has 0 amide bonds. The first-order valence-corrected chi connectivity index (χ1v) is 7.59. The van der Waals surface area contributed by atoms with Gasteiger partial charge in [0.15, 0.2) is 0 Å². The lowest BCUT2D eigenvalue weighted by Crippen LogP contribution is -2.29. The first-order valence-electron chi connectivity index (χ1n) is 6.33. The Morgan fingerprint density at radius 3 is 3.00 bits per heavy atom. The molecule has 0 aliphatic rings. The summed E-state index contributed by atoms with van der Waals surface area (Å²) in [6.07, 6.45) is 1.28. The van der Waals surface area contributed by atoms with Crippen LogP contribution in [0.15, 0.2) is 36.0 Å². The Bertz CT molecular complexity index is 508. The molecule has 1 aromatic heterocycles. The lowest BCUT2D eigenvalue weighted by atomic mass is 10.2. The van der Waals surface area contributed by atoms with Gasteiger partial charge in [-0.1, -0.05) is 29.8 Å². The summed E-state index contributed by atoms with van der Waals surface area (Å²) in [6, 6.07) is 7.53. The number of ether oxygens (including phenoxy) is 1. The first kappa shape index (κ1) is 15.4. The number of rotatable bonds is 8. The van der Waals surface area contributed by atoms with Crippen molar-refractivity contribution in [2.75, 3.05) is 13.2 Å². The highest BCUT2D eigenvalue weighted by Gasteiger charge is 2.05. The van der Waals surface area contributed by atoms with Crippen molar-refractivity contribution in [3.05, 3.63) is 51.4 Å². The van der Waals surface area contributed by atoms with Gasteiger partial charge in [-0.2, -0.15) is 0 Å². The molecule has 2 aromatic rings. The Hall–Kier alpha value is -0.980. The van der Waals surface area contributed by atoms with Crippen LogP contribution >= 0.6 is 22.9 Å². The molecule has 0 saturated carbocycles. The van der Waals surface area contributed by atoms with E-state index in [0.717, 1.165) is 10.4 Å². The van der Waals surface area contributed by atoms with Crippen LogP contribution in [0.5, 0.6) is 0 Å². The van der Waals surface area contributed by atoms with Crippen LogP contribution < -0.4 is 5.32 Å². The molecular weight excluding hydrogens is 296 g/mol. The van der Waals surface area contributed by atoms with Crippen molar-refractivity contribution in [3.63, 3.8) is 0 Å². The van der Waals surface area contributed by atoms with Gasteiger partial charge in [-0.3, -0.25) is 4.98 Å². The second kappa shape index (κ2) is 8.34. The van der Waals surface area contributed by atoms with Gasteiger partial charge >= 0.3 is 0 Å². The molecule has 1 unspecified atom stereocenters. The van der Waals surface area contributed by atoms with Crippen LogP contribution in [0.2, 0.25) is 5.02 Å². The number of aliphatic hydroxyl groups excluding tert-OH is 1. The van der Waals surface area contributed by atoms with Gasteiger partial charge in [0, 0.05) is 29.2 Å². The molecule has 0 aliphatic heterocycles. The van der Waals surface area contributed by atoms with E-state index in [4.69, 9.17) is 16.3 Å². The molecule has 0 bridgehead atoms. The summed E-state index contributed by atoms with van der Waals surface area (Å²) in [6.45, 7) is 1.89. The van der Waals surface area contributed by atoms with Gasteiger partial charge in [-0.05, 0) is 11.6 Å². The maximum Gasteiger partial charge on any atom is 0.0897 e. The van der Waals surface area contributed by atoms with E-state index >= 15 is 0 Å². The molecule has 2 rings (SSSR count). The van der Waals surface area contributed by atoms with Crippen LogP contribution in [0.3, 0.4) is 0 Å². The van der Waals surface area contributed by atoms with Crippen LogP contribution in [0, 0.1) is 0 Å². The number of hydrogen-bond donors (Lipinski definition) is 2. The minimum absolute atomic E-state index is 0.279. The van der Waals surface area contributed by atoms with Gasteiger partial charge in [0.05, 0.1) is 24.8 Å². The van der Waals surface area contributed by atoms with Gasteiger partial charge in [-0.25, -0.2) is 0 Å². The minimum Gasteiger partial charge on any atom is -0.389 e. The van der Waals surface area contributed by atoms with E-state index in [9.17, 15) is 5.11 Å². The summed E-state index contributed by atoms with van der Waals surface area (Å²) in [5, 5.41) is 13.6. The molecule has 1 aromatic carbocycles. The zero-order chi connectivity index (χ0) is 14.2. The van der Waals surface area contributed by atoms with E-state index in [-0.39, 0.29) is 6.61 Å². The van der Waals surface area contributed by atoms with E-state index < -0.39 is 6.10 Å². The number of benzene rings is 1. The van der Waals surface area contributed by atoms with Gasteiger partial charge in [-0.15, -0.1) is 11.3 Å². The molecule has 0 fully saturated rings. The Kier molecular flexibility index (Phi) is 6.42. The molecule has 2 N–H and O–H groups in total. The third-order valence-corrected chi connectivity index (χ3v) is 3.84. The maximum atomic E-state index is 9.79. The Morgan fingerprint density at radius 1 is 1.40 bits per heavy atom. The standard InChI is InChI=1S/C14H17ClN2O2S/c15-14-4-2-1-3-11(14)8-19-9-12(18)5-16-6-13-7-17-10-20-13/h1-4,7,10,12,16,18H,5-6,8-9H2. The molecule has 4 nitrogen and oxygen atoms in total. The molecule has 0 aliphatic carbocycles. The molecule has 0 saturated heterocycles. The summed E-state index contributed by atoms with van der Waals surface area (Å²) < 4.78 is 5.47. The van der Waals surface area contributed by atoms with E-state index in [2.05, 4.69) is 10.3 Å². The second-order valence-corrected chi connectivity index (χ2v) is 5.74. The maximum absolute atomic E-state index is 9.79. The Balaban J connectivity index is 1.60. The second-order valence-electron chi connectivity index (χ2n) is 4.36. The van der Waals surface area contributed by atoms with Crippen LogP contribution in [0.1, 0.15) is 10.4 Å². The predicted molar refractivity (Wildman–Crippen MR) is 80.9 cm³/mol. The number of thiazole rings is 1. The van der Waals surface area contributed by atoms with E-state index in [1.807, 2.05) is 30.5 Å². The highest BCUT2D eigenvalue weighted by atomic mass is 35.5. The zero-order valence-corrected chi connectivity index (χ0v) is 12.5. The monoisotopic (exact) mass is 312 g/mol. The number of aliphatic hydroxyl groups is 1. The van der Waals surface area contributed by atoms with Crippen LogP contribution in [0.25, 0.3) is 0 Å². The van der Waals surface area contributed by atoms with Crippen molar-refractivity contribution in [1.29, 1.82) is 0 Å². The Morgan fingerprint density at radius 2 is 2.25 bits per heavy atom. The van der Waals surface area contributed by atoms with Crippen molar-refractivity contribution >= 4 is 22.9 Å². The summed E-state index contributed by atoms with van der Waals surface area (Å²) in [7, 11) is 0. The van der Waals surface area contributed by atoms with E-state index in [0.29, 0.717) is 24.7 Å². The van der Waals surface area contributed by atoms with Crippen molar-refractivity contribution in [2.45, 2.75) is 19.3 Å². The van der Waals surface area contributed by atoms with Crippen molar-refractivity contribution in [1.82, 2.24) is 10.3 Å². The fourth-order valence-electron chi connectivity index (χ4n) is 1.67. The van der Waals surface area contributed by atoms with Crippen molar-refractivity contribution in [3.8, 4) is 0 Å². The molecule has 1 heterocycles. The number of hydrogen-bond acceptors (Lipinski definition) is 5. The normalized spacial score (nSPS) is 12.5. The zero-order valence-electron chi connectivity index (χ0n) is 11.0.